The third-order valence-corrected chi connectivity index (χ3v) is 4.30. The molecule has 2 aromatic heterocycles. The van der Waals surface area contributed by atoms with Crippen molar-refractivity contribution in [3.8, 4) is 10.4 Å². The summed E-state index contributed by atoms with van der Waals surface area (Å²) >= 11 is 7.46. The van der Waals surface area contributed by atoms with Gasteiger partial charge in [-0.2, -0.15) is 10.2 Å². The van der Waals surface area contributed by atoms with Crippen LogP contribution >= 0.6 is 22.9 Å². The summed E-state index contributed by atoms with van der Waals surface area (Å²) in [4.78, 5) is 13.4. The van der Waals surface area contributed by atoms with Crippen molar-refractivity contribution in [1.82, 2.24) is 10.2 Å². The Morgan fingerprint density at radius 3 is 2.86 bits per heavy atom. The summed E-state index contributed by atoms with van der Waals surface area (Å²) < 4.78 is 0. The van der Waals surface area contributed by atoms with E-state index in [4.69, 9.17) is 11.6 Å². The second kappa shape index (κ2) is 6.55. The van der Waals surface area contributed by atoms with Crippen molar-refractivity contribution in [2.75, 3.05) is 5.43 Å². The van der Waals surface area contributed by atoms with Gasteiger partial charge < -0.3 is 0 Å². The van der Waals surface area contributed by atoms with Gasteiger partial charge in [-0.25, -0.2) is 5.10 Å². The summed E-state index contributed by atoms with van der Waals surface area (Å²) in [6.07, 6.45) is 3.08. The van der Waals surface area contributed by atoms with Crippen LogP contribution in [0, 0.1) is 0 Å². The fourth-order valence-electron chi connectivity index (χ4n) is 1.81. The van der Waals surface area contributed by atoms with Crippen LogP contribution in [0.4, 0.5) is 5.69 Å². The molecular weight excluding hydrogens is 320 g/mol. The Kier molecular flexibility index (Phi) is 4.32. The largest absolute Gasteiger partial charge is 0.285 e. The molecule has 0 radical (unpaired) electrons. The van der Waals surface area contributed by atoms with E-state index in [1.807, 2.05) is 30.3 Å². The third kappa shape index (κ3) is 3.24. The van der Waals surface area contributed by atoms with E-state index in [1.54, 1.807) is 17.6 Å². The van der Waals surface area contributed by atoms with Crippen LogP contribution in [0.3, 0.4) is 0 Å². The second-order valence-electron chi connectivity index (χ2n) is 4.36. The van der Waals surface area contributed by atoms with Crippen LogP contribution in [0.15, 0.2) is 58.6 Å². The molecule has 0 bridgehead atoms. The Bertz CT molecular complexity index is 857. The molecule has 0 unspecified atom stereocenters. The van der Waals surface area contributed by atoms with Gasteiger partial charge in [-0.15, -0.1) is 11.3 Å². The van der Waals surface area contributed by atoms with Crippen LogP contribution in [0.1, 0.15) is 4.88 Å². The number of aromatic nitrogens is 2. The molecule has 3 rings (SSSR count). The van der Waals surface area contributed by atoms with Gasteiger partial charge >= 0.3 is 0 Å². The van der Waals surface area contributed by atoms with Crippen LogP contribution in [0.2, 0.25) is 5.02 Å². The lowest BCUT2D eigenvalue weighted by molar-refractivity contribution is 0.987. The van der Waals surface area contributed by atoms with Gasteiger partial charge in [0.25, 0.3) is 5.56 Å². The highest BCUT2D eigenvalue weighted by molar-refractivity contribution is 7.17. The topological polar surface area (TPSA) is 70.1 Å². The standard InChI is InChI=1S/C15H11ClN4OS/c16-14-12(9-18-20-15(14)21)19-17-8-11-6-7-13(22-11)10-4-2-1-3-5-10/h1-9H,(H2,19,20,21)/b17-8-. The van der Waals surface area contributed by atoms with Gasteiger partial charge in [0.2, 0.25) is 0 Å². The van der Waals surface area contributed by atoms with Gasteiger partial charge in [-0.3, -0.25) is 10.2 Å². The van der Waals surface area contributed by atoms with E-state index in [0.29, 0.717) is 5.69 Å². The van der Waals surface area contributed by atoms with Crippen molar-refractivity contribution in [2.24, 2.45) is 5.10 Å². The number of anilines is 1. The number of hydrogen-bond donors (Lipinski definition) is 2. The van der Waals surface area contributed by atoms with E-state index in [0.717, 1.165) is 9.75 Å². The molecule has 0 saturated carbocycles. The number of rotatable bonds is 4. The zero-order chi connectivity index (χ0) is 15.4. The minimum atomic E-state index is -0.454. The first-order chi connectivity index (χ1) is 10.7. The van der Waals surface area contributed by atoms with E-state index in [2.05, 4.69) is 32.9 Å². The number of nitrogens with zero attached hydrogens (tertiary/aromatic N) is 2. The first-order valence-corrected chi connectivity index (χ1v) is 7.61. The molecule has 5 nitrogen and oxygen atoms in total. The number of thiophene rings is 1. The van der Waals surface area contributed by atoms with Gasteiger partial charge in [0.05, 0.1) is 12.4 Å². The highest BCUT2D eigenvalue weighted by atomic mass is 35.5. The van der Waals surface area contributed by atoms with E-state index in [9.17, 15) is 4.79 Å². The third-order valence-electron chi connectivity index (χ3n) is 2.86. The zero-order valence-electron chi connectivity index (χ0n) is 11.3. The minimum Gasteiger partial charge on any atom is -0.275 e. The molecular formula is C15H11ClN4OS. The minimum absolute atomic E-state index is 0.0308. The molecule has 0 fully saturated rings. The van der Waals surface area contributed by atoms with Crippen LogP contribution in [0.25, 0.3) is 10.4 Å². The summed E-state index contributed by atoms with van der Waals surface area (Å²) in [5.74, 6) is 0. The highest BCUT2D eigenvalue weighted by Gasteiger charge is 2.03. The van der Waals surface area contributed by atoms with Gasteiger partial charge in [0.15, 0.2) is 0 Å². The number of aromatic amines is 1. The SMILES string of the molecule is O=c1[nH]ncc(N/N=C\c2ccc(-c3ccccc3)s2)c1Cl. The number of benzene rings is 1. The lowest BCUT2D eigenvalue weighted by atomic mass is 10.2. The Labute approximate surface area is 135 Å². The maximum atomic E-state index is 11.3. The molecule has 3 aromatic rings. The summed E-state index contributed by atoms with van der Waals surface area (Å²) in [6, 6.07) is 14.2. The fourth-order valence-corrected chi connectivity index (χ4v) is 2.83. The lowest BCUT2D eigenvalue weighted by Gasteiger charge is -1.99. The molecule has 0 aliphatic heterocycles. The molecule has 1 aromatic carbocycles. The summed E-state index contributed by atoms with van der Waals surface area (Å²) in [7, 11) is 0. The second-order valence-corrected chi connectivity index (χ2v) is 5.86. The molecule has 0 aliphatic rings. The maximum Gasteiger partial charge on any atom is 0.285 e. The Morgan fingerprint density at radius 2 is 2.05 bits per heavy atom. The van der Waals surface area contributed by atoms with Crippen LogP contribution in [0.5, 0.6) is 0 Å². The van der Waals surface area contributed by atoms with Crippen LogP contribution in [-0.2, 0) is 0 Å². The molecule has 0 atom stereocenters. The highest BCUT2D eigenvalue weighted by Crippen LogP contribution is 2.26. The molecule has 0 aliphatic carbocycles. The van der Waals surface area contributed by atoms with E-state index < -0.39 is 5.56 Å². The van der Waals surface area contributed by atoms with Crippen molar-refractivity contribution in [2.45, 2.75) is 0 Å². The summed E-state index contributed by atoms with van der Waals surface area (Å²) in [6.45, 7) is 0. The first-order valence-electron chi connectivity index (χ1n) is 6.41. The normalized spacial score (nSPS) is 11.0. The molecule has 2 heterocycles. The van der Waals surface area contributed by atoms with E-state index in [-0.39, 0.29) is 5.02 Å². The molecule has 0 amide bonds. The van der Waals surface area contributed by atoms with Crippen molar-refractivity contribution in [3.05, 3.63) is 68.9 Å². The quantitative estimate of drug-likeness (QED) is 0.567. The Hall–Kier alpha value is -2.44. The maximum absolute atomic E-state index is 11.3. The molecule has 22 heavy (non-hydrogen) atoms. The smallest absolute Gasteiger partial charge is 0.275 e. The number of nitrogens with one attached hydrogen (secondary N) is 2. The van der Waals surface area contributed by atoms with Crippen LogP contribution in [-0.4, -0.2) is 16.4 Å². The molecule has 0 spiro atoms. The van der Waals surface area contributed by atoms with Crippen molar-refractivity contribution in [3.63, 3.8) is 0 Å². The number of halogens is 1. The van der Waals surface area contributed by atoms with E-state index in [1.165, 1.54) is 11.8 Å². The van der Waals surface area contributed by atoms with E-state index >= 15 is 0 Å². The molecule has 110 valence electrons. The predicted molar refractivity (Wildman–Crippen MR) is 90.8 cm³/mol. The van der Waals surface area contributed by atoms with Gasteiger partial charge in [0, 0.05) is 9.75 Å². The van der Waals surface area contributed by atoms with Crippen molar-refractivity contribution < 1.29 is 0 Å². The number of hydrazone groups is 1. The Balaban J connectivity index is 1.73. The summed E-state index contributed by atoms with van der Waals surface area (Å²) in [5.41, 5.74) is 3.79. The van der Waals surface area contributed by atoms with Crippen molar-refractivity contribution in [1.29, 1.82) is 0 Å². The Morgan fingerprint density at radius 1 is 1.23 bits per heavy atom. The van der Waals surface area contributed by atoms with Gasteiger partial charge in [0.1, 0.15) is 10.7 Å². The summed E-state index contributed by atoms with van der Waals surface area (Å²) in [5, 5.41) is 10.0. The van der Waals surface area contributed by atoms with Crippen LogP contribution < -0.4 is 11.0 Å². The van der Waals surface area contributed by atoms with Gasteiger partial charge in [-0.1, -0.05) is 41.9 Å². The first kappa shape index (κ1) is 14.5. The molecule has 7 heteroatoms. The lowest BCUT2D eigenvalue weighted by Crippen LogP contribution is -2.09. The monoisotopic (exact) mass is 330 g/mol. The average molecular weight is 331 g/mol. The average Bonchev–Trinajstić information content (AvgIpc) is 3.01. The predicted octanol–water partition coefficient (Wildman–Crippen LogP) is 3.60. The molecule has 2 N–H and O–H groups in total. The number of hydrogen-bond acceptors (Lipinski definition) is 5. The molecule has 0 saturated heterocycles. The number of H-pyrrole nitrogens is 1. The fraction of sp³-hybridized carbons (Fsp3) is 0. The zero-order valence-corrected chi connectivity index (χ0v) is 12.9. The van der Waals surface area contributed by atoms with Crippen molar-refractivity contribution >= 4 is 34.8 Å². The van der Waals surface area contributed by atoms with Gasteiger partial charge in [-0.05, 0) is 17.7 Å².